The molecule has 1 heterocycles. The average Bonchev–Trinajstić information content (AvgIpc) is 2.42. The zero-order valence-corrected chi connectivity index (χ0v) is 10.7. The number of rotatable bonds is 3. The fourth-order valence-electron chi connectivity index (χ4n) is 1.50. The standard InChI is InChI=1S/C13H9ClFN3O/c1-19-12-4-8(6-16)2-3-11(12)18-13-10(15)5-9(14)7-17-13/h2-5,7H,1H3,(H,17,18). The monoisotopic (exact) mass is 277 g/mol. The van der Waals surface area contributed by atoms with E-state index >= 15 is 0 Å². The molecule has 0 atom stereocenters. The number of benzene rings is 1. The number of pyridine rings is 1. The van der Waals surface area contributed by atoms with Gasteiger partial charge < -0.3 is 10.1 Å². The molecule has 1 aromatic heterocycles. The van der Waals surface area contributed by atoms with Gasteiger partial charge in [0.05, 0.1) is 29.5 Å². The van der Waals surface area contributed by atoms with E-state index in [0.717, 1.165) is 6.07 Å². The fraction of sp³-hybridized carbons (Fsp3) is 0.0769. The van der Waals surface area contributed by atoms with Crippen LogP contribution < -0.4 is 10.1 Å². The highest BCUT2D eigenvalue weighted by Crippen LogP contribution is 2.29. The van der Waals surface area contributed by atoms with Crippen LogP contribution in [0.2, 0.25) is 5.02 Å². The van der Waals surface area contributed by atoms with Crippen LogP contribution in [-0.4, -0.2) is 12.1 Å². The van der Waals surface area contributed by atoms with Crippen LogP contribution in [-0.2, 0) is 0 Å². The molecular weight excluding hydrogens is 269 g/mol. The van der Waals surface area contributed by atoms with Gasteiger partial charge in [0.2, 0.25) is 0 Å². The molecular formula is C13H9ClFN3O. The second-order valence-electron chi connectivity index (χ2n) is 3.64. The highest BCUT2D eigenvalue weighted by Gasteiger charge is 2.09. The summed E-state index contributed by atoms with van der Waals surface area (Å²) >= 11 is 5.63. The summed E-state index contributed by atoms with van der Waals surface area (Å²) in [6.45, 7) is 0. The summed E-state index contributed by atoms with van der Waals surface area (Å²) in [4.78, 5) is 3.85. The van der Waals surface area contributed by atoms with E-state index in [1.165, 1.54) is 13.3 Å². The zero-order chi connectivity index (χ0) is 13.8. The lowest BCUT2D eigenvalue weighted by molar-refractivity contribution is 0.416. The number of anilines is 2. The summed E-state index contributed by atoms with van der Waals surface area (Å²) in [6.07, 6.45) is 1.34. The van der Waals surface area contributed by atoms with Gasteiger partial charge in [0.15, 0.2) is 11.6 Å². The predicted octanol–water partition coefficient (Wildman–Crippen LogP) is 3.50. The van der Waals surface area contributed by atoms with Crippen LogP contribution in [0.3, 0.4) is 0 Å². The zero-order valence-electron chi connectivity index (χ0n) is 9.95. The maximum Gasteiger partial charge on any atom is 0.167 e. The molecule has 0 bridgehead atoms. The number of nitriles is 1. The topological polar surface area (TPSA) is 57.9 Å². The maximum atomic E-state index is 13.6. The fourth-order valence-corrected chi connectivity index (χ4v) is 1.64. The van der Waals surface area contributed by atoms with Crippen LogP contribution in [0.5, 0.6) is 5.75 Å². The highest BCUT2D eigenvalue weighted by molar-refractivity contribution is 6.30. The quantitative estimate of drug-likeness (QED) is 0.933. The Hall–Kier alpha value is -2.32. The molecule has 4 nitrogen and oxygen atoms in total. The van der Waals surface area contributed by atoms with Gasteiger partial charge in [-0.15, -0.1) is 0 Å². The number of nitrogens with one attached hydrogen (secondary N) is 1. The van der Waals surface area contributed by atoms with Crippen molar-refractivity contribution in [1.82, 2.24) is 4.98 Å². The second-order valence-corrected chi connectivity index (χ2v) is 4.07. The lowest BCUT2D eigenvalue weighted by Crippen LogP contribution is -1.99. The largest absolute Gasteiger partial charge is 0.495 e. The molecule has 2 rings (SSSR count). The van der Waals surface area contributed by atoms with E-state index in [0.29, 0.717) is 17.0 Å². The number of methoxy groups -OCH3 is 1. The van der Waals surface area contributed by atoms with Crippen molar-refractivity contribution in [2.75, 3.05) is 12.4 Å². The number of nitrogens with zero attached hydrogens (tertiary/aromatic N) is 2. The van der Waals surface area contributed by atoms with Crippen LogP contribution in [0, 0.1) is 17.1 Å². The van der Waals surface area contributed by atoms with Crippen LogP contribution in [0.25, 0.3) is 0 Å². The number of hydrogen-bond donors (Lipinski definition) is 1. The van der Waals surface area contributed by atoms with Gasteiger partial charge in [-0.1, -0.05) is 11.6 Å². The van der Waals surface area contributed by atoms with E-state index in [1.807, 2.05) is 6.07 Å². The van der Waals surface area contributed by atoms with Crippen molar-refractivity contribution in [2.24, 2.45) is 0 Å². The molecule has 0 saturated carbocycles. The molecule has 0 aliphatic carbocycles. The van der Waals surface area contributed by atoms with Gasteiger partial charge in [-0.3, -0.25) is 0 Å². The summed E-state index contributed by atoms with van der Waals surface area (Å²) < 4.78 is 18.7. The summed E-state index contributed by atoms with van der Waals surface area (Å²) in [7, 11) is 1.47. The smallest absolute Gasteiger partial charge is 0.167 e. The summed E-state index contributed by atoms with van der Waals surface area (Å²) in [5, 5.41) is 11.8. The van der Waals surface area contributed by atoms with Gasteiger partial charge in [0.25, 0.3) is 0 Å². The van der Waals surface area contributed by atoms with Gasteiger partial charge in [0.1, 0.15) is 5.75 Å². The number of ether oxygens (including phenoxy) is 1. The molecule has 0 saturated heterocycles. The molecule has 1 N–H and O–H groups in total. The van der Waals surface area contributed by atoms with E-state index in [-0.39, 0.29) is 10.8 Å². The third kappa shape index (κ3) is 2.92. The molecule has 2 aromatic rings. The van der Waals surface area contributed by atoms with Crippen molar-refractivity contribution >= 4 is 23.1 Å². The summed E-state index contributed by atoms with van der Waals surface area (Å²) in [6, 6.07) is 7.92. The lowest BCUT2D eigenvalue weighted by Gasteiger charge is -2.11. The predicted molar refractivity (Wildman–Crippen MR) is 70.2 cm³/mol. The molecule has 96 valence electrons. The molecule has 0 radical (unpaired) electrons. The Morgan fingerprint density at radius 2 is 2.21 bits per heavy atom. The minimum Gasteiger partial charge on any atom is -0.495 e. The van der Waals surface area contributed by atoms with E-state index in [4.69, 9.17) is 21.6 Å². The molecule has 1 aromatic carbocycles. The minimum absolute atomic E-state index is 0.0346. The Bertz CT molecular complexity index is 655. The van der Waals surface area contributed by atoms with Gasteiger partial charge in [-0.05, 0) is 18.2 Å². The Balaban J connectivity index is 2.35. The van der Waals surface area contributed by atoms with Crippen molar-refractivity contribution in [3.05, 3.63) is 46.9 Å². The van der Waals surface area contributed by atoms with Gasteiger partial charge in [-0.25, -0.2) is 9.37 Å². The third-order valence-corrected chi connectivity index (χ3v) is 2.60. The SMILES string of the molecule is COc1cc(C#N)ccc1Nc1ncc(Cl)cc1F. The van der Waals surface area contributed by atoms with Crippen molar-refractivity contribution in [3.63, 3.8) is 0 Å². The summed E-state index contributed by atoms with van der Waals surface area (Å²) in [5.41, 5.74) is 0.960. The molecule has 0 spiro atoms. The Kier molecular flexibility index (Phi) is 3.83. The maximum absolute atomic E-state index is 13.6. The van der Waals surface area contributed by atoms with Crippen molar-refractivity contribution in [3.8, 4) is 11.8 Å². The minimum atomic E-state index is -0.570. The molecule has 0 fully saturated rings. The Labute approximate surface area is 114 Å². The number of halogens is 2. The molecule has 0 amide bonds. The normalized spacial score (nSPS) is 9.79. The van der Waals surface area contributed by atoms with Crippen molar-refractivity contribution in [2.45, 2.75) is 0 Å². The third-order valence-electron chi connectivity index (χ3n) is 2.39. The van der Waals surface area contributed by atoms with Crippen LogP contribution in [0.1, 0.15) is 5.56 Å². The summed E-state index contributed by atoms with van der Waals surface area (Å²) in [5.74, 6) is -0.110. The lowest BCUT2D eigenvalue weighted by atomic mass is 10.2. The first kappa shape index (κ1) is 13.1. The Morgan fingerprint density at radius 3 is 2.84 bits per heavy atom. The number of aromatic nitrogens is 1. The molecule has 6 heteroatoms. The number of hydrogen-bond acceptors (Lipinski definition) is 4. The molecule has 0 aliphatic rings. The van der Waals surface area contributed by atoms with Crippen molar-refractivity contribution in [1.29, 1.82) is 5.26 Å². The van der Waals surface area contributed by atoms with E-state index in [1.54, 1.807) is 18.2 Å². The average molecular weight is 278 g/mol. The van der Waals surface area contributed by atoms with Gasteiger partial charge >= 0.3 is 0 Å². The first-order valence-electron chi connectivity index (χ1n) is 5.30. The molecule has 0 unspecified atom stereocenters. The van der Waals surface area contributed by atoms with Gasteiger partial charge in [0, 0.05) is 12.3 Å². The Morgan fingerprint density at radius 1 is 1.42 bits per heavy atom. The highest BCUT2D eigenvalue weighted by atomic mass is 35.5. The molecule has 19 heavy (non-hydrogen) atoms. The van der Waals surface area contributed by atoms with E-state index in [2.05, 4.69) is 10.3 Å². The van der Waals surface area contributed by atoms with Crippen LogP contribution in [0.4, 0.5) is 15.9 Å². The van der Waals surface area contributed by atoms with Crippen molar-refractivity contribution < 1.29 is 9.13 Å². The van der Waals surface area contributed by atoms with Gasteiger partial charge in [-0.2, -0.15) is 5.26 Å². The first-order valence-corrected chi connectivity index (χ1v) is 5.68. The van der Waals surface area contributed by atoms with Crippen LogP contribution in [0.15, 0.2) is 30.5 Å². The van der Waals surface area contributed by atoms with E-state index in [9.17, 15) is 4.39 Å². The molecule has 0 aliphatic heterocycles. The van der Waals surface area contributed by atoms with Crippen LogP contribution >= 0.6 is 11.6 Å². The van der Waals surface area contributed by atoms with E-state index < -0.39 is 5.82 Å². The second kappa shape index (κ2) is 5.55. The first-order chi connectivity index (χ1) is 9.13.